The van der Waals surface area contributed by atoms with Gasteiger partial charge in [-0.3, -0.25) is 4.79 Å². The van der Waals surface area contributed by atoms with Gasteiger partial charge in [-0.2, -0.15) is 0 Å². The third-order valence-corrected chi connectivity index (χ3v) is 1.30. The Morgan fingerprint density at radius 1 is 1.67 bits per heavy atom. The van der Waals surface area contributed by atoms with Gasteiger partial charge in [0.15, 0.2) is 0 Å². The SMILES string of the molecule is CCOC(=O)CC[PH2]=O. The van der Waals surface area contributed by atoms with Crippen LogP contribution in [0.1, 0.15) is 13.3 Å². The Balaban J connectivity index is 3.16. The molecule has 3 nitrogen and oxygen atoms in total. The van der Waals surface area contributed by atoms with Crippen molar-refractivity contribution >= 4 is 14.4 Å². The molecular weight excluding hydrogens is 139 g/mol. The first-order valence-electron chi connectivity index (χ1n) is 2.90. The molecule has 0 aromatic carbocycles. The van der Waals surface area contributed by atoms with Crippen molar-refractivity contribution in [3.63, 3.8) is 0 Å². The minimum atomic E-state index is -0.796. The van der Waals surface area contributed by atoms with E-state index in [1.165, 1.54) is 0 Å². The topological polar surface area (TPSA) is 43.4 Å². The van der Waals surface area contributed by atoms with Gasteiger partial charge in [0.05, 0.1) is 21.5 Å². The number of carbonyl (C=O) groups is 1. The maximum atomic E-state index is 10.5. The van der Waals surface area contributed by atoms with E-state index in [1.54, 1.807) is 6.92 Å². The summed E-state index contributed by atoms with van der Waals surface area (Å²) < 4.78 is 14.5. The Hall–Kier alpha value is -0.300. The molecule has 0 fully saturated rings. The average molecular weight is 150 g/mol. The van der Waals surface area contributed by atoms with Crippen LogP contribution < -0.4 is 0 Å². The van der Waals surface area contributed by atoms with Crippen molar-refractivity contribution in [1.29, 1.82) is 0 Å². The summed E-state index contributed by atoms with van der Waals surface area (Å²) in [5.41, 5.74) is 0. The van der Waals surface area contributed by atoms with Gasteiger partial charge in [-0.15, -0.1) is 0 Å². The van der Waals surface area contributed by atoms with Crippen LogP contribution in [-0.2, 0) is 14.1 Å². The van der Waals surface area contributed by atoms with Crippen LogP contribution in [-0.4, -0.2) is 18.7 Å². The van der Waals surface area contributed by atoms with E-state index in [4.69, 9.17) is 0 Å². The Labute approximate surface area is 55.6 Å². The lowest BCUT2D eigenvalue weighted by molar-refractivity contribution is -0.142. The zero-order valence-corrected chi connectivity index (χ0v) is 6.58. The molecule has 0 rings (SSSR count). The highest BCUT2D eigenvalue weighted by atomic mass is 31.1. The first-order valence-corrected chi connectivity index (χ1v) is 4.19. The fourth-order valence-electron chi connectivity index (χ4n) is 0.410. The predicted octanol–water partition coefficient (Wildman–Crippen LogP) is 0.696. The number of ether oxygens (including phenoxy) is 1. The second kappa shape index (κ2) is 5.83. The molecule has 4 heteroatoms. The van der Waals surface area contributed by atoms with E-state index >= 15 is 0 Å². The molecule has 0 aliphatic rings. The summed E-state index contributed by atoms with van der Waals surface area (Å²) in [4.78, 5) is 10.5. The van der Waals surface area contributed by atoms with E-state index in [9.17, 15) is 9.36 Å². The number of hydrogen-bond acceptors (Lipinski definition) is 3. The summed E-state index contributed by atoms with van der Waals surface area (Å²) in [5.74, 6) is -0.249. The maximum absolute atomic E-state index is 10.5. The third kappa shape index (κ3) is 5.57. The molecule has 54 valence electrons. The van der Waals surface area contributed by atoms with Crippen LogP contribution in [0.5, 0.6) is 0 Å². The standard InChI is InChI=1S/C5H11O3P/c1-2-8-5(6)3-4-9-7/h2-4,9H2,1H3. The average Bonchev–Trinajstić information content (AvgIpc) is 1.85. The van der Waals surface area contributed by atoms with Crippen LogP contribution in [0.25, 0.3) is 0 Å². The minimum Gasteiger partial charge on any atom is -0.466 e. The van der Waals surface area contributed by atoms with Crippen LogP contribution in [0.3, 0.4) is 0 Å². The zero-order valence-electron chi connectivity index (χ0n) is 5.42. The van der Waals surface area contributed by atoms with Crippen molar-refractivity contribution < 1.29 is 14.1 Å². The number of esters is 1. The largest absolute Gasteiger partial charge is 0.466 e. The lowest BCUT2D eigenvalue weighted by Gasteiger charge is -1.96. The molecule has 0 spiro atoms. The smallest absolute Gasteiger partial charge is 0.306 e. The van der Waals surface area contributed by atoms with Crippen molar-refractivity contribution in [2.45, 2.75) is 13.3 Å². The Morgan fingerprint density at radius 2 is 2.33 bits per heavy atom. The van der Waals surface area contributed by atoms with Gasteiger partial charge in [-0.25, -0.2) is 0 Å². The molecule has 9 heavy (non-hydrogen) atoms. The summed E-state index contributed by atoms with van der Waals surface area (Å²) in [6.07, 6.45) is 0.769. The summed E-state index contributed by atoms with van der Waals surface area (Å²) >= 11 is 0. The molecule has 0 N–H and O–H groups in total. The van der Waals surface area contributed by atoms with E-state index in [1.807, 2.05) is 0 Å². The number of carbonyl (C=O) groups excluding carboxylic acids is 1. The van der Waals surface area contributed by atoms with Crippen LogP contribution >= 0.6 is 8.46 Å². The van der Waals surface area contributed by atoms with Crippen molar-refractivity contribution in [3.8, 4) is 0 Å². The van der Waals surface area contributed by atoms with Crippen molar-refractivity contribution in [2.75, 3.05) is 12.8 Å². The third-order valence-electron chi connectivity index (χ3n) is 0.772. The quantitative estimate of drug-likeness (QED) is 0.437. The van der Waals surface area contributed by atoms with E-state index in [0.29, 0.717) is 19.2 Å². The lowest BCUT2D eigenvalue weighted by Crippen LogP contribution is -2.03. The molecular formula is C5H11O3P. The van der Waals surface area contributed by atoms with Crippen molar-refractivity contribution in [3.05, 3.63) is 0 Å². The van der Waals surface area contributed by atoms with Gasteiger partial charge in [0.1, 0.15) is 0 Å². The van der Waals surface area contributed by atoms with E-state index in [2.05, 4.69) is 4.74 Å². The summed E-state index contributed by atoms with van der Waals surface area (Å²) in [6.45, 7) is 2.16. The van der Waals surface area contributed by atoms with Crippen molar-refractivity contribution in [2.24, 2.45) is 0 Å². The van der Waals surface area contributed by atoms with E-state index in [-0.39, 0.29) is 5.97 Å². The van der Waals surface area contributed by atoms with Gasteiger partial charge < -0.3 is 9.30 Å². The Kier molecular flexibility index (Phi) is 5.64. The molecule has 0 bridgehead atoms. The molecule has 0 radical (unpaired) electrons. The van der Waals surface area contributed by atoms with Gasteiger partial charge in [0.2, 0.25) is 0 Å². The fraction of sp³-hybridized carbons (Fsp3) is 0.800. The minimum absolute atomic E-state index is 0.249. The zero-order chi connectivity index (χ0) is 7.11. The molecule has 0 heterocycles. The number of hydrogen-bond donors (Lipinski definition) is 0. The fourth-order valence-corrected chi connectivity index (χ4v) is 0.763. The van der Waals surface area contributed by atoms with Gasteiger partial charge in [-0.05, 0) is 6.92 Å². The van der Waals surface area contributed by atoms with Crippen LogP contribution in [0, 0.1) is 0 Å². The Bertz CT molecular complexity index is 102. The maximum Gasteiger partial charge on any atom is 0.306 e. The number of rotatable bonds is 4. The molecule has 1 unspecified atom stereocenters. The van der Waals surface area contributed by atoms with Crippen LogP contribution in [0.15, 0.2) is 0 Å². The highest BCUT2D eigenvalue weighted by molar-refractivity contribution is 7.23. The van der Waals surface area contributed by atoms with Crippen molar-refractivity contribution in [1.82, 2.24) is 0 Å². The highest BCUT2D eigenvalue weighted by Gasteiger charge is 1.97. The predicted molar refractivity (Wildman–Crippen MR) is 36.5 cm³/mol. The van der Waals surface area contributed by atoms with Crippen LogP contribution in [0.2, 0.25) is 0 Å². The molecule has 0 saturated heterocycles. The monoisotopic (exact) mass is 150 g/mol. The highest BCUT2D eigenvalue weighted by Crippen LogP contribution is 1.96. The normalized spacial score (nSPS) is 10.3. The van der Waals surface area contributed by atoms with Gasteiger partial charge in [-0.1, -0.05) is 0 Å². The molecule has 0 saturated carbocycles. The second-order valence-corrected chi connectivity index (χ2v) is 2.42. The first kappa shape index (κ1) is 8.70. The molecule has 0 amide bonds. The summed E-state index contributed by atoms with van der Waals surface area (Å²) in [5, 5.41) is 0. The lowest BCUT2D eigenvalue weighted by atomic mass is 10.5. The molecule has 0 aromatic rings. The second-order valence-electron chi connectivity index (χ2n) is 1.51. The van der Waals surface area contributed by atoms with E-state index in [0.717, 1.165) is 0 Å². The summed E-state index contributed by atoms with van der Waals surface area (Å²) in [6, 6.07) is 0. The molecule has 1 atom stereocenters. The molecule has 0 aromatic heterocycles. The molecule has 0 aliphatic heterocycles. The van der Waals surface area contributed by atoms with E-state index < -0.39 is 8.46 Å². The van der Waals surface area contributed by atoms with Gasteiger partial charge in [0, 0.05) is 6.16 Å². The van der Waals surface area contributed by atoms with Crippen LogP contribution in [0.4, 0.5) is 0 Å². The summed E-state index contributed by atoms with van der Waals surface area (Å²) in [7, 11) is -0.796. The first-order chi connectivity index (χ1) is 4.31. The Morgan fingerprint density at radius 3 is 2.78 bits per heavy atom. The van der Waals surface area contributed by atoms with Gasteiger partial charge in [0.25, 0.3) is 0 Å². The van der Waals surface area contributed by atoms with Gasteiger partial charge >= 0.3 is 5.97 Å². The molecule has 0 aliphatic carbocycles.